The van der Waals surface area contributed by atoms with Gasteiger partial charge in [-0.1, -0.05) is 13.3 Å². The van der Waals surface area contributed by atoms with Crippen molar-refractivity contribution in [3.05, 3.63) is 0 Å². The molecular formula is C4H8ClKO3S. The molecule has 0 aliphatic rings. The molecule has 0 bridgehead atoms. The first-order valence-corrected chi connectivity index (χ1v) is 4.48. The van der Waals surface area contributed by atoms with Crippen molar-refractivity contribution in [2.75, 3.05) is 0 Å². The molecule has 0 radical (unpaired) electrons. The Morgan fingerprint density at radius 3 is 2.10 bits per heavy atom. The maximum Gasteiger partial charge on any atom is 1.00 e. The van der Waals surface area contributed by atoms with Crippen molar-refractivity contribution in [2.24, 2.45) is 0 Å². The fraction of sp³-hybridized carbons (Fsp3) is 1.00. The Hall–Kier alpha value is 1.84. The van der Waals surface area contributed by atoms with Gasteiger partial charge in [-0.2, -0.15) is 0 Å². The Bertz CT molecular complexity index is 167. The standard InChI is InChI=1S/C4H9ClO3S.K/c1-2-3-4(5)9(6,7)8;/h4H,2-3H2,1H3,(H,6,7,8);/q;+1/p-1. The predicted molar refractivity (Wildman–Crippen MR) is 34.2 cm³/mol. The Kier molecular flexibility index (Phi) is 9.14. The van der Waals surface area contributed by atoms with Crippen LogP contribution in [0.1, 0.15) is 19.8 Å². The minimum absolute atomic E-state index is 0. The van der Waals surface area contributed by atoms with Crippen LogP contribution in [0.5, 0.6) is 0 Å². The maximum atomic E-state index is 10.0. The van der Waals surface area contributed by atoms with E-state index in [1.165, 1.54) is 0 Å². The number of alkyl halides is 1. The molecule has 0 saturated carbocycles. The predicted octanol–water partition coefficient (Wildman–Crippen LogP) is -2.10. The molecule has 0 aliphatic carbocycles. The summed E-state index contributed by atoms with van der Waals surface area (Å²) in [5.74, 6) is 0. The first-order chi connectivity index (χ1) is 3.98. The molecule has 6 heteroatoms. The van der Waals surface area contributed by atoms with Crippen LogP contribution in [0.15, 0.2) is 0 Å². The van der Waals surface area contributed by atoms with Gasteiger partial charge in [0.2, 0.25) is 0 Å². The SMILES string of the molecule is CCCC(Cl)S(=O)(=O)[O-].[K+]. The van der Waals surface area contributed by atoms with Gasteiger partial charge in [0.05, 0.1) is 0 Å². The summed E-state index contributed by atoms with van der Waals surface area (Å²) in [6.45, 7) is 1.76. The monoisotopic (exact) mass is 210 g/mol. The summed E-state index contributed by atoms with van der Waals surface area (Å²) in [4.78, 5) is 0. The van der Waals surface area contributed by atoms with Gasteiger partial charge in [-0.15, -0.1) is 11.6 Å². The van der Waals surface area contributed by atoms with E-state index in [4.69, 9.17) is 11.6 Å². The van der Waals surface area contributed by atoms with Crippen LogP contribution < -0.4 is 51.4 Å². The van der Waals surface area contributed by atoms with E-state index in [0.717, 1.165) is 0 Å². The van der Waals surface area contributed by atoms with Crippen molar-refractivity contribution in [2.45, 2.75) is 24.5 Å². The Morgan fingerprint density at radius 2 is 2.00 bits per heavy atom. The van der Waals surface area contributed by atoms with Crippen molar-refractivity contribution < 1.29 is 64.4 Å². The molecular weight excluding hydrogens is 203 g/mol. The first kappa shape index (κ1) is 14.4. The second-order valence-electron chi connectivity index (χ2n) is 1.69. The number of halogens is 1. The van der Waals surface area contributed by atoms with E-state index in [1.807, 2.05) is 0 Å². The molecule has 0 saturated heterocycles. The van der Waals surface area contributed by atoms with Crippen molar-refractivity contribution in [3.63, 3.8) is 0 Å². The van der Waals surface area contributed by atoms with Gasteiger partial charge in [0, 0.05) is 0 Å². The quantitative estimate of drug-likeness (QED) is 0.305. The molecule has 1 atom stereocenters. The number of rotatable bonds is 3. The summed E-state index contributed by atoms with van der Waals surface area (Å²) in [5, 5.41) is 0. The van der Waals surface area contributed by atoms with Gasteiger partial charge in [0.25, 0.3) is 0 Å². The molecule has 1 unspecified atom stereocenters. The van der Waals surface area contributed by atoms with E-state index < -0.39 is 14.8 Å². The van der Waals surface area contributed by atoms with Gasteiger partial charge < -0.3 is 4.55 Å². The molecule has 0 aromatic rings. The molecule has 0 aliphatic heterocycles. The van der Waals surface area contributed by atoms with Gasteiger partial charge in [-0.3, -0.25) is 0 Å². The minimum Gasteiger partial charge on any atom is -0.747 e. The van der Waals surface area contributed by atoms with E-state index in [9.17, 15) is 13.0 Å². The van der Waals surface area contributed by atoms with Crippen molar-refractivity contribution in [3.8, 4) is 0 Å². The smallest absolute Gasteiger partial charge is 0.747 e. The fourth-order valence-corrected chi connectivity index (χ4v) is 1.11. The summed E-state index contributed by atoms with van der Waals surface area (Å²) < 4.78 is 28.9. The Balaban J connectivity index is 0. The molecule has 10 heavy (non-hydrogen) atoms. The summed E-state index contributed by atoms with van der Waals surface area (Å²) in [6, 6.07) is 0. The van der Waals surface area contributed by atoms with Gasteiger partial charge in [0.15, 0.2) is 0 Å². The van der Waals surface area contributed by atoms with Gasteiger partial charge in [-0.05, 0) is 6.42 Å². The minimum atomic E-state index is -4.25. The zero-order valence-corrected chi connectivity index (χ0v) is 10.7. The zero-order chi connectivity index (χ0) is 7.49. The third-order valence-electron chi connectivity index (χ3n) is 0.829. The molecule has 56 valence electrons. The second-order valence-corrected chi connectivity index (χ2v) is 4.03. The third-order valence-corrected chi connectivity index (χ3v) is 2.56. The topological polar surface area (TPSA) is 57.2 Å². The van der Waals surface area contributed by atoms with Crippen LogP contribution in [0.25, 0.3) is 0 Å². The van der Waals surface area contributed by atoms with Crippen LogP contribution in [0, 0.1) is 0 Å². The van der Waals surface area contributed by atoms with Crippen LogP contribution in [0.3, 0.4) is 0 Å². The van der Waals surface area contributed by atoms with Crippen LogP contribution >= 0.6 is 11.6 Å². The molecule has 0 heterocycles. The maximum absolute atomic E-state index is 10.0. The molecule has 0 aromatic heterocycles. The zero-order valence-electron chi connectivity index (χ0n) is 6.00. The molecule has 0 rings (SSSR count). The van der Waals surface area contributed by atoms with Crippen LogP contribution in [-0.4, -0.2) is 17.7 Å². The summed E-state index contributed by atoms with van der Waals surface area (Å²) in [6.07, 6.45) is 0.836. The van der Waals surface area contributed by atoms with E-state index in [1.54, 1.807) is 6.92 Å². The van der Waals surface area contributed by atoms with Crippen LogP contribution in [-0.2, 0) is 10.1 Å². The third kappa shape index (κ3) is 6.54. The first-order valence-electron chi connectivity index (χ1n) is 2.57. The van der Waals surface area contributed by atoms with Crippen molar-refractivity contribution in [1.82, 2.24) is 0 Å². The molecule has 0 amide bonds. The normalized spacial score (nSPS) is 13.9. The Morgan fingerprint density at radius 1 is 1.60 bits per heavy atom. The van der Waals surface area contributed by atoms with Crippen LogP contribution in [0.4, 0.5) is 0 Å². The summed E-state index contributed by atoms with van der Waals surface area (Å²) in [7, 11) is -4.25. The summed E-state index contributed by atoms with van der Waals surface area (Å²) >= 11 is 5.16. The van der Waals surface area contributed by atoms with E-state index >= 15 is 0 Å². The Labute approximate surface area is 109 Å². The van der Waals surface area contributed by atoms with Gasteiger partial charge in [0.1, 0.15) is 14.8 Å². The van der Waals surface area contributed by atoms with Gasteiger partial charge in [-0.25, -0.2) is 8.42 Å². The second kappa shape index (κ2) is 6.36. The van der Waals surface area contributed by atoms with E-state index in [0.29, 0.717) is 6.42 Å². The average molecular weight is 211 g/mol. The van der Waals surface area contributed by atoms with E-state index in [2.05, 4.69) is 0 Å². The molecule has 3 nitrogen and oxygen atoms in total. The number of hydrogen-bond donors (Lipinski definition) is 0. The molecule has 0 fully saturated rings. The average Bonchev–Trinajstić information content (AvgIpc) is 1.64. The molecule has 0 spiro atoms. The molecule has 0 N–H and O–H groups in total. The largest absolute Gasteiger partial charge is 1.00 e. The van der Waals surface area contributed by atoms with Crippen molar-refractivity contribution >= 4 is 21.7 Å². The van der Waals surface area contributed by atoms with Crippen LogP contribution in [0.2, 0.25) is 0 Å². The molecule has 0 aromatic carbocycles. The van der Waals surface area contributed by atoms with Gasteiger partial charge >= 0.3 is 51.4 Å². The summed E-state index contributed by atoms with van der Waals surface area (Å²) in [5.41, 5.74) is 0. The van der Waals surface area contributed by atoms with Crippen molar-refractivity contribution in [1.29, 1.82) is 0 Å². The van der Waals surface area contributed by atoms with E-state index in [-0.39, 0.29) is 57.8 Å². The number of hydrogen-bond acceptors (Lipinski definition) is 3. The fourth-order valence-electron chi connectivity index (χ4n) is 0.371.